The van der Waals surface area contributed by atoms with Crippen LogP contribution in [0.2, 0.25) is 0 Å². The molecule has 2 heterocycles. The van der Waals surface area contributed by atoms with E-state index in [1.807, 2.05) is 0 Å². The number of amides is 2. The molecule has 1 aliphatic heterocycles. The van der Waals surface area contributed by atoms with Gasteiger partial charge in [0, 0.05) is 25.1 Å². The standard InChI is InChI=1S/C21H23F3N2O6/c1-29-16-8-14(9-17(30-2)19(16)31-3)26-10-13(7-18(26)27)20(28)25(12-21(22,23)24)11-15-5-4-6-32-15/h4-6,8-9,13H,7,10-12H2,1-3H3. The van der Waals surface area contributed by atoms with Gasteiger partial charge >= 0.3 is 6.18 Å². The summed E-state index contributed by atoms with van der Waals surface area (Å²) in [6.45, 7) is -1.87. The van der Waals surface area contributed by atoms with Crippen molar-refractivity contribution in [2.75, 3.05) is 39.3 Å². The number of ether oxygens (including phenoxy) is 3. The number of alkyl halides is 3. The summed E-state index contributed by atoms with van der Waals surface area (Å²) in [6, 6.07) is 6.10. The maximum atomic E-state index is 13.1. The number of hydrogen-bond donors (Lipinski definition) is 0. The maximum absolute atomic E-state index is 13.1. The molecule has 32 heavy (non-hydrogen) atoms. The highest BCUT2D eigenvalue weighted by molar-refractivity contribution is 6.00. The lowest BCUT2D eigenvalue weighted by atomic mass is 10.1. The maximum Gasteiger partial charge on any atom is 0.406 e. The van der Waals surface area contributed by atoms with E-state index < -0.39 is 30.5 Å². The quantitative estimate of drug-likeness (QED) is 0.607. The molecule has 1 fully saturated rings. The van der Waals surface area contributed by atoms with Gasteiger partial charge in [0.1, 0.15) is 12.3 Å². The zero-order valence-electron chi connectivity index (χ0n) is 17.8. The van der Waals surface area contributed by atoms with Crippen LogP contribution in [0.5, 0.6) is 17.2 Å². The van der Waals surface area contributed by atoms with Crippen LogP contribution in [0, 0.1) is 5.92 Å². The Labute approximate surface area is 182 Å². The predicted molar refractivity (Wildman–Crippen MR) is 107 cm³/mol. The molecule has 2 amide bonds. The average Bonchev–Trinajstić information content (AvgIpc) is 3.40. The minimum atomic E-state index is -4.60. The topological polar surface area (TPSA) is 81.5 Å². The highest BCUT2D eigenvalue weighted by Crippen LogP contribution is 2.42. The van der Waals surface area contributed by atoms with Crippen molar-refractivity contribution >= 4 is 17.5 Å². The van der Waals surface area contributed by atoms with Crippen molar-refractivity contribution in [3.63, 3.8) is 0 Å². The average molecular weight is 456 g/mol. The van der Waals surface area contributed by atoms with Crippen LogP contribution in [0.1, 0.15) is 12.2 Å². The number of methoxy groups -OCH3 is 3. The summed E-state index contributed by atoms with van der Waals surface area (Å²) in [5.41, 5.74) is 0.383. The van der Waals surface area contributed by atoms with Gasteiger partial charge in [-0.1, -0.05) is 0 Å². The van der Waals surface area contributed by atoms with Gasteiger partial charge < -0.3 is 28.4 Å². The van der Waals surface area contributed by atoms with E-state index in [-0.39, 0.29) is 25.3 Å². The van der Waals surface area contributed by atoms with Crippen LogP contribution < -0.4 is 19.1 Å². The molecule has 1 unspecified atom stereocenters. The zero-order valence-corrected chi connectivity index (χ0v) is 17.8. The van der Waals surface area contributed by atoms with Crippen molar-refractivity contribution in [1.82, 2.24) is 4.90 Å². The molecule has 11 heteroatoms. The van der Waals surface area contributed by atoms with E-state index in [9.17, 15) is 22.8 Å². The fraction of sp³-hybridized carbons (Fsp3) is 0.429. The highest BCUT2D eigenvalue weighted by Gasteiger charge is 2.41. The van der Waals surface area contributed by atoms with E-state index in [0.717, 1.165) is 0 Å². The summed E-state index contributed by atoms with van der Waals surface area (Å²) >= 11 is 0. The molecule has 1 saturated heterocycles. The van der Waals surface area contributed by atoms with Crippen molar-refractivity contribution < 1.29 is 41.4 Å². The Bertz CT molecular complexity index is 936. The van der Waals surface area contributed by atoms with Crippen LogP contribution in [0.4, 0.5) is 18.9 Å². The molecule has 2 aromatic rings. The molecule has 3 rings (SSSR count). The number of carbonyl (C=O) groups excluding carboxylic acids is 2. The Balaban J connectivity index is 1.84. The summed E-state index contributed by atoms with van der Waals surface area (Å²) in [4.78, 5) is 27.6. The summed E-state index contributed by atoms with van der Waals surface area (Å²) in [5.74, 6) is -0.966. The number of hydrogen-bond acceptors (Lipinski definition) is 6. The lowest BCUT2D eigenvalue weighted by Gasteiger charge is -2.26. The zero-order chi connectivity index (χ0) is 23.5. The molecule has 1 aliphatic rings. The molecular formula is C21H23F3N2O6. The van der Waals surface area contributed by atoms with Crippen LogP contribution in [-0.4, -0.2) is 57.3 Å². The van der Waals surface area contributed by atoms with Gasteiger partial charge in [-0.15, -0.1) is 0 Å². The molecule has 1 aromatic heterocycles. The number of rotatable bonds is 8. The van der Waals surface area contributed by atoms with Gasteiger partial charge in [0.2, 0.25) is 17.6 Å². The normalized spacial score (nSPS) is 16.2. The molecule has 0 bridgehead atoms. The van der Waals surface area contributed by atoms with E-state index in [1.54, 1.807) is 12.1 Å². The fourth-order valence-corrected chi connectivity index (χ4v) is 3.62. The fourth-order valence-electron chi connectivity index (χ4n) is 3.62. The summed E-state index contributed by atoms with van der Waals surface area (Å²) in [7, 11) is 4.27. The van der Waals surface area contributed by atoms with Crippen LogP contribution in [0.3, 0.4) is 0 Å². The second kappa shape index (κ2) is 9.41. The van der Waals surface area contributed by atoms with Gasteiger partial charge in [0.15, 0.2) is 11.5 Å². The first-order valence-electron chi connectivity index (χ1n) is 9.65. The lowest BCUT2D eigenvalue weighted by Crippen LogP contribution is -2.42. The van der Waals surface area contributed by atoms with Crippen molar-refractivity contribution in [2.24, 2.45) is 5.92 Å². The first-order chi connectivity index (χ1) is 15.2. The van der Waals surface area contributed by atoms with Crippen molar-refractivity contribution in [3.8, 4) is 17.2 Å². The van der Waals surface area contributed by atoms with Crippen molar-refractivity contribution in [2.45, 2.75) is 19.1 Å². The van der Waals surface area contributed by atoms with Crippen molar-refractivity contribution in [1.29, 1.82) is 0 Å². The monoisotopic (exact) mass is 456 g/mol. The minimum absolute atomic E-state index is 0.0805. The van der Waals surface area contributed by atoms with Gasteiger partial charge in [0.25, 0.3) is 0 Å². The van der Waals surface area contributed by atoms with Gasteiger partial charge in [-0.25, -0.2) is 0 Å². The first kappa shape index (κ1) is 23.3. The van der Waals surface area contributed by atoms with Crippen molar-refractivity contribution in [3.05, 3.63) is 36.3 Å². The number of benzene rings is 1. The Hall–Kier alpha value is -3.37. The van der Waals surface area contributed by atoms with E-state index in [0.29, 0.717) is 27.8 Å². The lowest BCUT2D eigenvalue weighted by molar-refractivity contribution is -0.165. The molecule has 174 valence electrons. The Morgan fingerprint density at radius 1 is 1.19 bits per heavy atom. The van der Waals surface area contributed by atoms with E-state index in [1.165, 1.54) is 44.6 Å². The number of nitrogens with zero attached hydrogens (tertiary/aromatic N) is 2. The summed E-state index contributed by atoms with van der Waals surface area (Å²) in [5, 5.41) is 0. The van der Waals surface area contributed by atoms with Crippen LogP contribution in [0.15, 0.2) is 34.9 Å². The van der Waals surface area contributed by atoms with Crippen LogP contribution in [0.25, 0.3) is 0 Å². The van der Waals surface area contributed by atoms with Gasteiger partial charge in [0.05, 0.1) is 45.7 Å². The highest BCUT2D eigenvalue weighted by atomic mass is 19.4. The second-order valence-electron chi connectivity index (χ2n) is 7.18. The van der Waals surface area contributed by atoms with E-state index in [4.69, 9.17) is 18.6 Å². The van der Waals surface area contributed by atoms with Crippen LogP contribution >= 0.6 is 0 Å². The molecule has 0 saturated carbocycles. The molecule has 0 radical (unpaired) electrons. The van der Waals surface area contributed by atoms with E-state index in [2.05, 4.69) is 0 Å². The van der Waals surface area contributed by atoms with Gasteiger partial charge in [-0.3, -0.25) is 9.59 Å². The Morgan fingerprint density at radius 2 is 1.84 bits per heavy atom. The smallest absolute Gasteiger partial charge is 0.406 e. The van der Waals surface area contributed by atoms with Crippen LogP contribution in [-0.2, 0) is 16.1 Å². The third kappa shape index (κ3) is 5.09. The molecule has 1 aromatic carbocycles. The Morgan fingerprint density at radius 3 is 2.34 bits per heavy atom. The molecule has 8 nitrogen and oxygen atoms in total. The molecule has 0 N–H and O–H groups in total. The first-order valence-corrected chi connectivity index (χ1v) is 9.65. The minimum Gasteiger partial charge on any atom is -0.493 e. The number of anilines is 1. The molecule has 0 spiro atoms. The molecule has 1 atom stereocenters. The largest absolute Gasteiger partial charge is 0.493 e. The predicted octanol–water partition coefficient (Wildman–Crippen LogP) is 3.25. The molecule has 0 aliphatic carbocycles. The number of carbonyl (C=O) groups is 2. The van der Waals surface area contributed by atoms with Gasteiger partial charge in [-0.2, -0.15) is 13.2 Å². The summed E-state index contributed by atoms with van der Waals surface area (Å²) < 4.78 is 60.2. The SMILES string of the molecule is COc1cc(N2CC(C(=O)N(Cc3ccco3)CC(F)(F)F)CC2=O)cc(OC)c1OC. The molecular weight excluding hydrogens is 433 g/mol. The van der Waals surface area contributed by atoms with Gasteiger partial charge in [-0.05, 0) is 12.1 Å². The van der Waals surface area contributed by atoms with E-state index >= 15 is 0 Å². The second-order valence-corrected chi connectivity index (χ2v) is 7.18. The summed E-state index contributed by atoms with van der Waals surface area (Å²) in [6.07, 6.45) is -3.50. The third-order valence-corrected chi connectivity index (χ3v) is 5.04. The third-order valence-electron chi connectivity index (χ3n) is 5.04. The Kier molecular flexibility index (Phi) is 6.85. The number of halogens is 3. The number of furan rings is 1.